The molecule has 0 radical (unpaired) electrons. The molecule has 3 rings (SSSR count). The molecule has 1 N–H and O–H groups in total. The van der Waals surface area contributed by atoms with E-state index >= 15 is 0 Å². The van der Waals surface area contributed by atoms with Gasteiger partial charge in [0.15, 0.2) is 0 Å². The number of nitrogens with zero attached hydrogens (tertiary/aromatic N) is 1. The van der Waals surface area contributed by atoms with Gasteiger partial charge in [-0.3, -0.25) is 0 Å². The summed E-state index contributed by atoms with van der Waals surface area (Å²) in [6.07, 6.45) is 3.24. The molecular formula is C9H12N2O. The van der Waals surface area contributed by atoms with Crippen LogP contribution in [0.3, 0.4) is 0 Å². The lowest BCUT2D eigenvalue weighted by Gasteiger charge is -2.20. The number of nitrogens with one attached hydrogen (secondary N) is 1. The Morgan fingerprint density at radius 2 is 2.17 bits per heavy atom. The van der Waals surface area contributed by atoms with Gasteiger partial charge in [-0.2, -0.15) is 5.26 Å². The number of hydrogen-bond acceptors (Lipinski definition) is 3. The average molecular weight is 164 g/mol. The van der Waals surface area contributed by atoms with Gasteiger partial charge in [-0.1, -0.05) is 0 Å². The summed E-state index contributed by atoms with van der Waals surface area (Å²) in [7, 11) is 0. The van der Waals surface area contributed by atoms with Gasteiger partial charge < -0.3 is 10.1 Å². The summed E-state index contributed by atoms with van der Waals surface area (Å²) in [6.45, 7) is 0.990. The topological polar surface area (TPSA) is 45.0 Å². The van der Waals surface area contributed by atoms with E-state index in [0.29, 0.717) is 24.0 Å². The van der Waals surface area contributed by atoms with Crippen molar-refractivity contribution in [3.63, 3.8) is 0 Å². The fraction of sp³-hybridized carbons (Fsp3) is 0.889. The minimum Gasteiger partial charge on any atom is -0.374 e. The van der Waals surface area contributed by atoms with Crippen LogP contribution in [-0.2, 0) is 4.74 Å². The van der Waals surface area contributed by atoms with Gasteiger partial charge in [0, 0.05) is 18.4 Å². The average Bonchev–Trinajstić information content (AvgIpc) is 2.76. The molecule has 12 heavy (non-hydrogen) atoms. The van der Waals surface area contributed by atoms with E-state index in [-0.39, 0.29) is 6.04 Å². The van der Waals surface area contributed by atoms with Gasteiger partial charge in [0.05, 0.1) is 18.3 Å². The standard InChI is InChI=1S/C9H12N2O/c10-3-6-9-5(4-11-6)7-1-2-8(9)12-7/h5-9,11H,1-2,4H2/t5-,6-,7+,8-,9+/m1/s1. The van der Waals surface area contributed by atoms with Gasteiger partial charge >= 0.3 is 0 Å². The van der Waals surface area contributed by atoms with Crippen LogP contribution in [-0.4, -0.2) is 24.8 Å². The van der Waals surface area contributed by atoms with Crippen LogP contribution in [0.5, 0.6) is 0 Å². The molecule has 0 unspecified atom stereocenters. The van der Waals surface area contributed by atoms with E-state index in [4.69, 9.17) is 10.00 Å². The van der Waals surface area contributed by atoms with E-state index in [1.165, 1.54) is 12.8 Å². The Kier molecular flexibility index (Phi) is 1.27. The van der Waals surface area contributed by atoms with Gasteiger partial charge in [-0.05, 0) is 12.8 Å². The first-order chi connectivity index (χ1) is 5.90. The third-order valence-electron chi connectivity index (χ3n) is 3.58. The predicted octanol–water partition coefficient (Wildman–Crippen LogP) is 0.275. The first-order valence-corrected chi connectivity index (χ1v) is 4.68. The van der Waals surface area contributed by atoms with Crippen molar-refractivity contribution in [1.82, 2.24) is 5.32 Å². The summed E-state index contributed by atoms with van der Waals surface area (Å²) in [6, 6.07) is 2.39. The molecule has 3 aliphatic heterocycles. The zero-order chi connectivity index (χ0) is 8.13. The van der Waals surface area contributed by atoms with Gasteiger partial charge in [0.2, 0.25) is 0 Å². The SMILES string of the molecule is N#C[C@H]1NC[C@H]2[C@@H]1[C@H]1CC[C@@H]2O1. The van der Waals surface area contributed by atoms with Crippen molar-refractivity contribution in [2.45, 2.75) is 31.1 Å². The van der Waals surface area contributed by atoms with Gasteiger partial charge in [0.25, 0.3) is 0 Å². The highest BCUT2D eigenvalue weighted by Crippen LogP contribution is 2.46. The second-order valence-electron chi connectivity index (χ2n) is 4.05. The van der Waals surface area contributed by atoms with Crippen LogP contribution < -0.4 is 5.32 Å². The molecule has 3 nitrogen and oxygen atoms in total. The first-order valence-electron chi connectivity index (χ1n) is 4.68. The van der Waals surface area contributed by atoms with E-state index in [0.717, 1.165) is 6.54 Å². The second-order valence-corrected chi connectivity index (χ2v) is 4.05. The fourth-order valence-electron chi connectivity index (χ4n) is 3.07. The van der Waals surface area contributed by atoms with Crippen molar-refractivity contribution in [1.29, 1.82) is 5.26 Å². The molecule has 0 aromatic carbocycles. The number of rotatable bonds is 0. The maximum Gasteiger partial charge on any atom is 0.101 e. The Balaban J connectivity index is 1.90. The van der Waals surface area contributed by atoms with Gasteiger partial charge in [-0.25, -0.2) is 0 Å². The molecule has 5 atom stereocenters. The van der Waals surface area contributed by atoms with Crippen LogP contribution in [0, 0.1) is 23.2 Å². The monoisotopic (exact) mass is 164 g/mol. The van der Waals surface area contributed by atoms with Crippen molar-refractivity contribution < 1.29 is 4.74 Å². The Morgan fingerprint density at radius 3 is 3.00 bits per heavy atom. The summed E-state index contributed by atoms with van der Waals surface area (Å²) in [5, 5.41) is 12.1. The molecule has 3 saturated heterocycles. The normalized spacial score (nSPS) is 55.4. The predicted molar refractivity (Wildman–Crippen MR) is 42.3 cm³/mol. The summed E-state index contributed by atoms with van der Waals surface area (Å²) < 4.78 is 5.78. The van der Waals surface area contributed by atoms with Crippen LogP contribution in [0.1, 0.15) is 12.8 Å². The minimum atomic E-state index is 0.0605. The third kappa shape index (κ3) is 0.675. The minimum absolute atomic E-state index is 0.0605. The molecule has 0 saturated carbocycles. The highest BCUT2D eigenvalue weighted by atomic mass is 16.5. The molecule has 0 aromatic rings. The molecule has 0 aromatic heterocycles. The second kappa shape index (κ2) is 2.21. The van der Waals surface area contributed by atoms with Gasteiger partial charge in [0.1, 0.15) is 6.04 Å². The molecule has 2 bridgehead atoms. The van der Waals surface area contributed by atoms with Crippen molar-refractivity contribution in [3.05, 3.63) is 0 Å². The van der Waals surface area contributed by atoms with E-state index in [2.05, 4.69) is 11.4 Å². The molecule has 0 aliphatic carbocycles. The Morgan fingerprint density at radius 1 is 1.33 bits per heavy atom. The maximum atomic E-state index is 8.87. The van der Waals surface area contributed by atoms with E-state index in [1.54, 1.807) is 0 Å². The van der Waals surface area contributed by atoms with Crippen molar-refractivity contribution in [3.8, 4) is 6.07 Å². The van der Waals surface area contributed by atoms with Crippen LogP contribution in [0.25, 0.3) is 0 Å². The van der Waals surface area contributed by atoms with Crippen LogP contribution >= 0.6 is 0 Å². The Labute approximate surface area is 71.7 Å². The van der Waals surface area contributed by atoms with E-state index in [1.807, 2.05) is 0 Å². The molecule has 0 spiro atoms. The zero-order valence-corrected chi connectivity index (χ0v) is 6.86. The Bertz CT molecular complexity index is 247. The summed E-state index contributed by atoms with van der Waals surface area (Å²) in [4.78, 5) is 0. The fourth-order valence-corrected chi connectivity index (χ4v) is 3.07. The van der Waals surface area contributed by atoms with E-state index < -0.39 is 0 Å². The lowest BCUT2D eigenvalue weighted by atomic mass is 9.79. The summed E-state index contributed by atoms with van der Waals surface area (Å²) in [5.74, 6) is 1.13. The number of fused-ring (bicyclic) bond motifs is 5. The zero-order valence-electron chi connectivity index (χ0n) is 6.86. The van der Waals surface area contributed by atoms with Crippen molar-refractivity contribution in [2.75, 3.05) is 6.54 Å². The molecule has 64 valence electrons. The molecule has 3 fully saturated rings. The molecule has 0 amide bonds. The number of nitriles is 1. The summed E-state index contributed by atoms with van der Waals surface area (Å²) >= 11 is 0. The Hall–Kier alpha value is -0.590. The summed E-state index contributed by atoms with van der Waals surface area (Å²) in [5.41, 5.74) is 0. The molecule has 3 aliphatic rings. The van der Waals surface area contributed by atoms with E-state index in [9.17, 15) is 0 Å². The van der Waals surface area contributed by atoms with Crippen molar-refractivity contribution in [2.24, 2.45) is 11.8 Å². The van der Waals surface area contributed by atoms with Crippen molar-refractivity contribution >= 4 is 0 Å². The third-order valence-corrected chi connectivity index (χ3v) is 3.58. The number of hydrogen-bond donors (Lipinski definition) is 1. The van der Waals surface area contributed by atoms with Gasteiger partial charge in [-0.15, -0.1) is 0 Å². The van der Waals surface area contributed by atoms with Crippen LogP contribution in [0.15, 0.2) is 0 Å². The highest BCUT2D eigenvalue weighted by Gasteiger charge is 2.54. The maximum absolute atomic E-state index is 8.87. The van der Waals surface area contributed by atoms with Crippen LogP contribution in [0.2, 0.25) is 0 Å². The number of ether oxygens (including phenoxy) is 1. The first kappa shape index (κ1) is 6.88. The highest BCUT2D eigenvalue weighted by molar-refractivity contribution is 5.12. The lowest BCUT2D eigenvalue weighted by molar-refractivity contribution is 0.0807. The molecule has 3 heteroatoms. The van der Waals surface area contributed by atoms with Crippen LogP contribution in [0.4, 0.5) is 0 Å². The lowest BCUT2D eigenvalue weighted by Crippen LogP contribution is -2.32. The smallest absolute Gasteiger partial charge is 0.101 e. The molecular weight excluding hydrogens is 152 g/mol. The quantitative estimate of drug-likeness (QED) is 0.559. The molecule has 3 heterocycles. The largest absolute Gasteiger partial charge is 0.374 e.